The molecule has 1 atom stereocenters. The molecule has 0 radical (unpaired) electrons. The number of hydrogen-bond acceptors (Lipinski definition) is 5. The van der Waals surface area contributed by atoms with Crippen LogP contribution in [0.1, 0.15) is 37.1 Å². The summed E-state index contributed by atoms with van der Waals surface area (Å²) in [5.41, 5.74) is 2.07. The van der Waals surface area contributed by atoms with Crippen LogP contribution in [0.4, 0.5) is 0 Å². The second-order valence-corrected chi connectivity index (χ2v) is 9.79. The smallest absolute Gasteiger partial charge is 0.214 e. The zero-order valence-corrected chi connectivity index (χ0v) is 15.6. The summed E-state index contributed by atoms with van der Waals surface area (Å²) >= 11 is 0. The van der Waals surface area contributed by atoms with Crippen LogP contribution < -0.4 is 4.72 Å². The molecule has 1 aliphatic carbocycles. The average molecular weight is 365 g/mol. The molecular weight excluding hydrogens is 338 g/mol. The Morgan fingerprint density at radius 3 is 2.84 bits per heavy atom. The van der Waals surface area contributed by atoms with Gasteiger partial charge in [0, 0.05) is 38.5 Å². The lowest BCUT2D eigenvalue weighted by Crippen LogP contribution is -2.64. The van der Waals surface area contributed by atoms with E-state index in [2.05, 4.69) is 20.7 Å². The number of pyridine rings is 1. The molecule has 1 saturated carbocycles. The minimum Gasteiger partial charge on any atom is -0.372 e. The summed E-state index contributed by atoms with van der Waals surface area (Å²) in [7, 11) is -3.07. The van der Waals surface area contributed by atoms with Gasteiger partial charge in [0.1, 0.15) is 0 Å². The third-order valence-corrected chi connectivity index (χ3v) is 7.63. The van der Waals surface area contributed by atoms with Crippen molar-refractivity contribution < 1.29 is 13.2 Å². The van der Waals surface area contributed by atoms with Crippen LogP contribution in [0.5, 0.6) is 0 Å². The molecule has 3 aliphatic rings. The van der Waals surface area contributed by atoms with Gasteiger partial charge < -0.3 is 4.74 Å². The number of sulfonamides is 1. The van der Waals surface area contributed by atoms with Gasteiger partial charge in [-0.3, -0.25) is 9.88 Å². The van der Waals surface area contributed by atoms with Crippen LogP contribution in [0.25, 0.3) is 0 Å². The Hall–Kier alpha value is -1.02. The quantitative estimate of drug-likeness (QED) is 0.792. The molecule has 25 heavy (non-hydrogen) atoms. The molecule has 2 aliphatic heterocycles. The minimum absolute atomic E-state index is 0.0746. The molecule has 3 heterocycles. The lowest BCUT2D eigenvalue weighted by Gasteiger charge is -2.50. The van der Waals surface area contributed by atoms with Crippen LogP contribution in [0, 0.1) is 12.8 Å². The predicted molar refractivity (Wildman–Crippen MR) is 95.6 cm³/mol. The molecule has 0 bridgehead atoms. The van der Waals surface area contributed by atoms with Gasteiger partial charge in [-0.2, -0.15) is 0 Å². The third kappa shape index (κ3) is 3.74. The number of nitrogens with zero attached hydrogens (tertiary/aromatic N) is 2. The molecule has 2 saturated heterocycles. The Morgan fingerprint density at radius 2 is 2.12 bits per heavy atom. The molecule has 0 unspecified atom stereocenters. The van der Waals surface area contributed by atoms with Crippen molar-refractivity contribution in [2.24, 2.45) is 5.92 Å². The van der Waals surface area contributed by atoms with E-state index in [4.69, 9.17) is 4.74 Å². The summed E-state index contributed by atoms with van der Waals surface area (Å²) in [5.74, 6) is 0.441. The molecule has 138 valence electrons. The Kier molecular flexibility index (Phi) is 4.60. The van der Waals surface area contributed by atoms with E-state index in [1.807, 2.05) is 19.1 Å². The molecule has 1 aromatic rings. The summed E-state index contributed by atoms with van der Waals surface area (Å²) < 4.78 is 32.7. The van der Waals surface area contributed by atoms with E-state index in [-0.39, 0.29) is 10.9 Å². The van der Waals surface area contributed by atoms with Crippen LogP contribution in [-0.2, 0) is 21.3 Å². The number of likely N-dealkylation sites (tertiary alicyclic amines) is 1. The highest BCUT2D eigenvalue weighted by Crippen LogP contribution is 2.42. The van der Waals surface area contributed by atoms with E-state index in [0.29, 0.717) is 12.5 Å². The maximum atomic E-state index is 11.9. The first-order valence-electron chi connectivity index (χ1n) is 9.24. The van der Waals surface area contributed by atoms with Gasteiger partial charge in [0.2, 0.25) is 10.0 Å². The van der Waals surface area contributed by atoms with Gasteiger partial charge in [0.05, 0.1) is 16.5 Å². The first-order valence-corrected chi connectivity index (χ1v) is 10.8. The predicted octanol–water partition coefficient (Wildman–Crippen LogP) is 1.45. The molecule has 6 nitrogen and oxygen atoms in total. The molecular formula is C18H27N3O3S. The summed E-state index contributed by atoms with van der Waals surface area (Å²) in [5, 5.41) is -0.137. The Bertz CT molecular complexity index is 727. The standard InChI is InChI=1S/C18H27N3O3S/c1-14-3-2-4-16(20-14)11-21-12-18(13-21)15(8-10-24-18)7-9-19-25(22,23)17-5-6-17/h2-4,15,17,19H,5-13H2,1H3/t15-/m1/s1. The Balaban J connectivity index is 1.27. The van der Waals surface area contributed by atoms with Crippen molar-refractivity contribution in [3.8, 4) is 0 Å². The van der Waals surface area contributed by atoms with Crippen molar-refractivity contribution in [3.05, 3.63) is 29.6 Å². The number of hydrogen-bond donors (Lipinski definition) is 1. The molecule has 0 amide bonds. The van der Waals surface area contributed by atoms with Crippen molar-refractivity contribution in [3.63, 3.8) is 0 Å². The van der Waals surface area contributed by atoms with Gasteiger partial charge in [-0.1, -0.05) is 6.07 Å². The van der Waals surface area contributed by atoms with Gasteiger partial charge in [0.15, 0.2) is 0 Å². The number of aryl methyl sites for hydroxylation is 1. The van der Waals surface area contributed by atoms with Gasteiger partial charge in [-0.15, -0.1) is 0 Å². The van der Waals surface area contributed by atoms with Crippen molar-refractivity contribution >= 4 is 10.0 Å². The minimum atomic E-state index is -3.07. The fraction of sp³-hybridized carbons (Fsp3) is 0.722. The SMILES string of the molecule is Cc1cccc(CN2CC3(C2)OCC[C@H]3CCNS(=O)(=O)C2CC2)n1. The number of ether oxygens (including phenoxy) is 1. The fourth-order valence-electron chi connectivity index (χ4n) is 4.15. The monoisotopic (exact) mass is 365 g/mol. The second-order valence-electron chi connectivity index (χ2n) is 7.74. The zero-order valence-electron chi connectivity index (χ0n) is 14.8. The van der Waals surface area contributed by atoms with Crippen LogP contribution in [0.2, 0.25) is 0 Å². The second kappa shape index (κ2) is 6.61. The van der Waals surface area contributed by atoms with Crippen molar-refractivity contribution in [2.45, 2.75) is 50.0 Å². The number of nitrogens with one attached hydrogen (secondary N) is 1. The highest BCUT2D eigenvalue weighted by molar-refractivity contribution is 7.90. The van der Waals surface area contributed by atoms with E-state index in [0.717, 1.165) is 63.3 Å². The largest absolute Gasteiger partial charge is 0.372 e. The Labute approximate surface area is 150 Å². The highest BCUT2D eigenvalue weighted by Gasteiger charge is 2.52. The van der Waals surface area contributed by atoms with Gasteiger partial charge in [-0.05, 0) is 50.7 Å². The van der Waals surface area contributed by atoms with Gasteiger partial charge in [-0.25, -0.2) is 13.1 Å². The molecule has 1 aromatic heterocycles. The normalized spacial score (nSPS) is 26.0. The first-order chi connectivity index (χ1) is 12.0. The first kappa shape index (κ1) is 17.4. The lowest BCUT2D eigenvalue weighted by molar-refractivity contribution is -0.137. The van der Waals surface area contributed by atoms with E-state index in [9.17, 15) is 8.42 Å². The van der Waals surface area contributed by atoms with Gasteiger partial charge >= 0.3 is 0 Å². The molecule has 4 rings (SSSR count). The van der Waals surface area contributed by atoms with Crippen LogP contribution in [0.15, 0.2) is 18.2 Å². The number of aromatic nitrogens is 1. The maximum absolute atomic E-state index is 11.9. The molecule has 7 heteroatoms. The topological polar surface area (TPSA) is 71.5 Å². The zero-order chi connectivity index (χ0) is 17.5. The van der Waals surface area contributed by atoms with Crippen molar-refractivity contribution in [1.29, 1.82) is 0 Å². The summed E-state index contributed by atoms with van der Waals surface area (Å²) in [6.07, 6.45) is 3.52. The molecule has 0 aromatic carbocycles. The van der Waals surface area contributed by atoms with Crippen molar-refractivity contribution in [1.82, 2.24) is 14.6 Å². The molecule has 1 spiro atoms. The molecule has 1 N–H and O–H groups in total. The van der Waals surface area contributed by atoms with E-state index in [1.54, 1.807) is 0 Å². The highest BCUT2D eigenvalue weighted by atomic mass is 32.2. The molecule has 3 fully saturated rings. The summed E-state index contributed by atoms with van der Waals surface area (Å²) in [6, 6.07) is 6.13. The van der Waals surface area contributed by atoms with Crippen LogP contribution in [-0.4, -0.2) is 55.4 Å². The Morgan fingerprint density at radius 1 is 1.32 bits per heavy atom. The summed E-state index contributed by atoms with van der Waals surface area (Å²) in [6.45, 7) is 6.03. The fourth-order valence-corrected chi connectivity index (χ4v) is 5.55. The average Bonchev–Trinajstić information content (AvgIpc) is 3.30. The third-order valence-electron chi connectivity index (χ3n) is 5.67. The van der Waals surface area contributed by atoms with Crippen LogP contribution >= 0.6 is 0 Å². The lowest BCUT2D eigenvalue weighted by atomic mass is 9.79. The number of rotatable bonds is 7. The van der Waals surface area contributed by atoms with Crippen LogP contribution in [0.3, 0.4) is 0 Å². The van der Waals surface area contributed by atoms with Gasteiger partial charge in [0.25, 0.3) is 0 Å². The van der Waals surface area contributed by atoms with E-state index in [1.165, 1.54) is 0 Å². The van der Waals surface area contributed by atoms with E-state index < -0.39 is 10.0 Å². The van der Waals surface area contributed by atoms with Crippen molar-refractivity contribution in [2.75, 3.05) is 26.2 Å². The maximum Gasteiger partial charge on any atom is 0.214 e. The summed E-state index contributed by atoms with van der Waals surface area (Å²) in [4.78, 5) is 6.94. The van der Waals surface area contributed by atoms with E-state index >= 15 is 0 Å².